The standard InChI is InChI=1S/C14H21Cl2N3O/c1-3-6-17-13-11(15)9-12(16)14(18-13)20-8-7-19(2)10-4-5-10/h9-10H,3-8H2,1-2H3,(H,17,18). The molecule has 0 amide bonds. The first-order chi connectivity index (χ1) is 9.61. The highest BCUT2D eigenvalue weighted by Gasteiger charge is 2.25. The van der Waals surface area contributed by atoms with E-state index >= 15 is 0 Å². The van der Waals surface area contributed by atoms with Crippen LogP contribution in [0.1, 0.15) is 26.2 Å². The Bertz CT molecular complexity index is 452. The molecule has 0 radical (unpaired) electrons. The van der Waals surface area contributed by atoms with Crippen molar-refractivity contribution < 1.29 is 4.74 Å². The SMILES string of the molecule is CCCNc1nc(OCCN(C)C2CC2)c(Cl)cc1Cl. The Balaban J connectivity index is 1.91. The van der Waals surface area contributed by atoms with Crippen molar-refractivity contribution in [2.75, 3.05) is 32.1 Å². The summed E-state index contributed by atoms with van der Waals surface area (Å²) in [6.45, 7) is 4.36. The largest absolute Gasteiger partial charge is 0.475 e. The summed E-state index contributed by atoms with van der Waals surface area (Å²) < 4.78 is 5.68. The Morgan fingerprint density at radius 2 is 2.15 bits per heavy atom. The first-order valence-electron chi connectivity index (χ1n) is 7.04. The average molecular weight is 318 g/mol. The number of pyridine rings is 1. The number of nitrogens with one attached hydrogen (secondary N) is 1. The number of hydrogen-bond donors (Lipinski definition) is 1. The van der Waals surface area contributed by atoms with E-state index in [2.05, 4.69) is 29.2 Å². The topological polar surface area (TPSA) is 37.4 Å². The molecule has 112 valence electrons. The van der Waals surface area contributed by atoms with Crippen LogP contribution in [-0.4, -0.2) is 42.7 Å². The maximum Gasteiger partial charge on any atom is 0.234 e. The number of rotatable bonds is 8. The molecule has 6 heteroatoms. The van der Waals surface area contributed by atoms with Crippen LogP contribution in [-0.2, 0) is 0 Å². The van der Waals surface area contributed by atoms with Crippen LogP contribution in [0.25, 0.3) is 0 Å². The van der Waals surface area contributed by atoms with Crippen LogP contribution in [0.4, 0.5) is 5.82 Å². The lowest BCUT2D eigenvalue weighted by molar-refractivity contribution is 0.227. The van der Waals surface area contributed by atoms with E-state index in [1.807, 2.05) is 0 Å². The van der Waals surface area contributed by atoms with Gasteiger partial charge in [0, 0.05) is 19.1 Å². The number of halogens is 2. The molecule has 1 saturated carbocycles. The number of likely N-dealkylation sites (N-methyl/N-ethyl adjacent to an activating group) is 1. The van der Waals surface area contributed by atoms with E-state index in [9.17, 15) is 0 Å². The van der Waals surface area contributed by atoms with Gasteiger partial charge in [0.15, 0.2) is 0 Å². The zero-order chi connectivity index (χ0) is 14.5. The summed E-state index contributed by atoms with van der Waals surface area (Å²) in [6, 6.07) is 2.41. The molecule has 20 heavy (non-hydrogen) atoms. The van der Waals surface area contributed by atoms with E-state index < -0.39 is 0 Å². The monoisotopic (exact) mass is 317 g/mol. The summed E-state index contributed by atoms with van der Waals surface area (Å²) in [5.41, 5.74) is 0. The van der Waals surface area contributed by atoms with Crippen molar-refractivity contribution in [2.45, 2.75) is 32.2 Å². The van der Waals surface area contributed by atoms with Crippen molar-refractivity contribution in [2.24, 2.45) is 0 Å². The molecule has 2 rings (SSSR count). The van der Waals surface area contributed by atoms with Crippen LogP contribution in [0.15, 0.2) is 6.07 Å². The molecular weight excluding hydrogens is 297 g/mol. The van der Waals surface area contributed by atoms with E-state index in [-0.39, 0.29) is 0 Å². The number of ether oxygens (including phenoxy) is 1. The Morgan fingerprint density at radius 1 is 1.40 bits per heavy atom. The first-order valence-corrected chi connectivity index (χ1v) is 7.80. The highest BCUT2D eigenvalue weighted by atomic mass is 35.5. The molecule has 0 spiro atoms. The minimum atomic E-state index is 0.443. The number of nitrogens with zero attached hydrogens (tertiary/aromatic N) is 2. The molecule has 0 aliphatic heterocycles. The molecule has 0 saturated heterocycles. The van der Waals surface area contributed by atoms with Gasteiger partial charge in [-0.1, -0.05) is 30.1 Å². The van der Waals surface area contributed by atoms with Crippen molar-refractivity contribution in [3.63, 3.8) is 0 Å². The van der Waals surface area contributed by atoms with Gasteiger partial charge in [-0.25, -0.2) is 0 Å². The fourth-order valence-electron chi connectivity index (χ4n) is 1.90. The van der Waals surface area contributed by atoms with Crippen LogP contribution >= 0.6 is 23.2 Å². The fraction of sp³-hybridized carbons (Fsp3) is 0.643. The number of aromatic nitrogens is 1. The minimum Gasteiger partial charge on any atom is -0.475 e. The summed E-state index contributed by atoms with van der Waals surface area (Å²) in [7, 11) is 2.12. The van der Waals surface area contributed by atoms with Gasteiger partial charge in [0.2, 0.25) is 5.88 Å². The van der Waals surface area contributed by atoms with Crippen LogP contribution < -0.4 is 10.1 Å². The predicted molar refractivity (Wildman–Crippen MR) is 84.2 cm³/mol. The van der Waals surface area contributed by atoms with Crippen LogP contribution in [0.2, 0.25) is 10.0 Å². The maximum atomic E-state index is 6.11. The molecule has 1 aromatic heterocycles. The van der Waals surface area contributed by atoms with Gasteiger partial charge in [-0.3, -0.25) is 0 Å². The third kappa shape index (κ3) is 4.40. The molecule has 0 unspecified atom stereocenters. The highest BCUT2D eigenvalue weighted by molar-refractivity contribution is 6.36. The van der Waals surface area contributed by atoms with Gasteiger partial charge < -0.3 is 15.0 Å². The summed E-state index contributed by atoms with van der Waals surface area (Å²) in [5.74, 6) is 1.07. The lowest BCUT2D eigenvalue weighted by Gasteiger charge is -2.16. The van der Waals surface area contributed by atoms with Gasteiger partial charge in [0.25, 0.3) is 0 Å². The summed E-state index contributed by atoms with van der Waals surface area (Å²) in [6.07, 6.45) is 3.59. The fourth-order valence-corrected chi connectivity index (χ4v) is 2.38. The van der Waals surface area contributed by atoms with Gasteiger partial charge in [0.1, 0.15) is 17.4 Å². The predicted octanol–water partition coefficient (Wildman–Crippen LogP) is 3.68. The number of hydrogen-bond acceptors (Lipinski definition) is 4. The summed E-state index contributed by atoms with van der Waals surface area (Å²) in [4.78, 5) is 6.66. The Labute approximate surface area is 130 Å². The van der Waals surface area contributed by atoms with Gasteiger partial charge >= 0.3 is 0 Å². The molecule has 0 aromatic carbocycles. The molecule has 1 fully saturated rings. The van der Waals surface area contributed by atoms with E-state index in [4.69, 9.17) is 27.9 Å². The molecule has 1 aromatic rings. The normalized spacial score (nSPS) is 14.7. The zero-order valence-corrected chi connectivity index (χ0v) is 13.5. The second-order valence-corrected chi connectivity index (χ2v) is 5.91. The lowest BCUT2D eigenvalue weighted by Crippen LogP contribution is -2.26. The van der Waals surface area contributed by atoms with E-state index in [1.165, 1.54) is 12.8 Å². The molecule has 1 aliphatic rings. The molecular formula is C14H21Cl2N3O. The lowest BCUT2D eigenvalue weighted by atomic mass is 10.4. The summed E-state index contributed by atoms with van der Waals surface area (Å²) in [5, 5.41) is 4.13. The van der Waals surface area contributed by atoms with Gasteiger partial charge in [-0.2, -0.15) is 4.98 Å². The van der Waals surface area contributed by atoms with E-state index in [0.717, 1.165) is 25.6 Å². The first kappa shape index (κ1) is 15.7. The Kier molecular flexibility index (Phi) is 5.75. The zero-order valence-electron chi connectivity index (χ0n) is 12.0. The molecule has 0 atom stereocenters. The summed E-state index contributed by atoms with van der Waals surface area (Å²) >= 11 is 12.2. The molecule has 0 bridgehead atoms. The molecule has 1 aliphatic carbocycles. The minimum absolute atomic E-state index is 0.443. The third-order valence-electron chi connectivity index (χ3n) is 3.29. The molecule has 1 N–H and O–H groups in total. The quantitative estimate of drug-likeness (QED) is 0.793. The van der Waals surface area contributed by atoms with Crippen LogP contribution in [0, 0.1) is 0 Å². The van der Waals surface area contributed by atoms with Crippen LogP contribution in [0.5, 0.6) is 5.88 Å². The van der Waals surface area contributed by atoms with Crippen molar-refractivity contribution in [3.8, 4) is 5.88 Å². The van der Waals surface area contributed by atoms with E-state index in [0.29, 0.717) is 28.3 Å². The van der Waals surface area contributed by atoms with Crippen molar-refractivity contribution in [1.29, 1.82) is 0 Å². The smallest absolute Gasteiger partial charge is 0.234 e. The van der Waals surface area contributed by atoms with Gasteiger partial charge in [-0.05, 0) is 32.4 Å². The van der Waals surface area contributed by atoms with E-state index in [1.54, 1.807) is 6.07 Å². The van der Waals surface area contributed by atoms with Crippen LogP contribution in [0.3, 0.4) is 0 Å². The highest BCUT2D eigenvalue weighted by Crippen LogP contribution is 2.31. The second kappa shape index (κ2) is 7.34. The third-order valence-corrected chi connectivity index (χ3v) is 3.85. The van der Waals surface area contributed by atoms with Crippen molar-refractivity contribution in [1.82, 2.24) is 9.88 Å². The van der Waals surface area contributed by atoms with Crippen molar-refractivity contribution in [3.05, 3.63) is 16.1 Å². The molecule has 4 nitrogen and oxygen atoms in total. The Morgan fingerprint density at radius 3 is 2.80 bits per heavy atom. The van der Waals surface area contributed by atoms with Gasteiger partial charge in [0.05, 0.1) is 5.02 Å². The van der Waals surface area contributed by atoms with Gasteiger partial charge in [-0.15, -0.1) is 0 Å². The second-order valence-electron chi connectivity index (χ2n) is 5.09. The maximum absolute atomic E-state index is 6.11. The average Bonchev–Trinajstić information content (AvgIpc) is 3.24. The Hall–Kier alpha value is -0.710. The van der Waals surface area contributed by atoms with Crippen molar-refractivity contribution >= 4 is 29.0 Å². The number of anilines is 1. The molecule has 1 heterocycles.